The fourth-order valence-electron chi connectivity index (χ4n) is 2.30. The molecule has 130 valence electrons. The van der Waals surface area contributed by atoms with Crippen molar-refractivity contribution in [3.05, 3.63) is 76.1 Å². The average molecular weight is 340 g/mol. The highest BCUT2D eigenvalue weighted by Gasteiger charge is 2.10. The van der Waals surface area contributed by atoms with E-state index in [-0.39, 0.29) is 5.63 Å². The van der Waals surface area contributed by atoms with E-state index in [2.05, 4.69) is 0 Å². The molecule has 1 unspecified atom stereocenters. The number of aliphatic carboxylic acids is 1. The first-order valence-electron chi connectivity index (χ1n) is 7.69. The molecule has 5 N–H and O–H groups in total. The average Bonchev–Trinajstić information content (AvgIpc) is 2.55. The van der Waals surface area contributed by atoms with Crippen LogP contribution in [-0.2, 0) is 11.2 Å². The van der Waals surface area contributed by atoms with Crippen LogP contribution in [0.5, 0.6) is 0 Å². The Morgan fingerprint density at radius 2 is 1.84 bits per heavy atom. The van der Waals surface area contributed by atoms with Gasteiger partial charge in [-0.1, -0.05) is 30.3 Å². The summed E-state index contributed by atoms with van der Waals surface area (Å²) in [7, 11) is 0. The number of nitrogens with two attached hydrogens (primary N) is 2. The van der Waals surface area contributed by atoms with E-state index in [9.17, 15) is 9.59 Å². The van der Waals surface area contributed by atoms with Crippen LogP contribution in [0.15, 0.2) is 63.8 Å². The van der Waals surface area contributed by atoms with E-state index in [1.807, 2.05) is 43.3 Å². The van der Waals surface area contributed by atoms with Crippen LogP contribution in [0.25, 0.3) is 11.0 Å². The maximum atomic E-state index is 11.0. The van der Waals surface area contributed by atoms with Crippen molar-refractivity contribution in [2.75, 3.05) is 5.73 Å². The normalized spacial score (nSPS) is 11.4. The summed E-state index contributed by atoms with van der Waals surface area (Å²) in [6.07, 6.45) is 0.385. The van der Waals surface area contributed by atoms with E-state index >= 15 is 0 Å². The van der Waals surface area contributed by atoms with E-state index < -0.39 is 12.0 Å². The van der Waals surface area contributed by atoms with Crippen molar-refractivity contribution in [3.63, 3.8) is 0 Å². The standard InChI is InChI=1S/C10H9NO2.C9H11NO2/c1-6-4-10(12)13-9-5-7(11)2-3-8(6)9;10-8(9(11)12)6-7-4-2-1-3-5-7/h2-5H,11H2,1H3;1-5,8H,6,10H2,(H,11,12). The second-order valence-corrected chi connectivity index (χ2v) is 5.64. The van der Waals surface area contributed by atoms with E-state index in [0.717, 1.165) is 16.5 Å². The number of anilines is 1. The molecule has 1 heterocycles. The lowest BCUT2D eigenvalue weighted by atomic mass is 10.1. The number of carboxylic acid groups (broad SMARTS) is 1. The number of benzene rings is 2. The molecule has 3 aromatic rings. The number of carboxylic acids is 1. The summed E-state index contributed by atoms with van der Waals surface area (Å²) >= 11 is 0. The van der Waals surface area contributed by atoms with Crippen LogP contribution in [-0.4, -0.2) is 17.1 Å². The van der Waals surface area contributed by atoms with Gasteiger partial charge in [0, 0.05) is 23.2 Å². The molecular weight excluding hydrogens is 320 g/mol. The summed E-state index contributed by atoms with van der Waals surface area (Å²) < 4.78 is 4.99. The highest BCUT2D eigenvalue weighted by atomic mass is 16.4. The molecular formula is C19H20N2O4. The van der Waals surface area contributed by atoms with Crippen molar-refractivity contribution in [2.24, 2.45) is 5.73 Å². The van der Waals surface area contributed by atoms with Crippen molar-refractivity contribution in [2.45, 2.75) is 19.4 Å². The Labute approximate surface area is 144 Å². The van der Waals surface area contributed by atoms with Gasteiger partial charge in [-0.15, -0.1) is 0 Å². The van der Waals surface area contributed by atoms with Crippen LogP contribution in [0.2, 0.25) is 0 Å². The molecule has 3 rings (SSSR count). The lowest BCUT2D eigenvalue weighted by Gasteiger charge is -2.04. The van der Waals surface area contributed by atoms with E-state index in [4.69, 9.17) is 21.0 Å². The zero-order chi connectivity index (χ0) is 18.4. The van der Waals surface area contributed by atoms with E-state index in [1.165, 1.54) is 6.07 Å². The zero-order valence-corrected chi connectivity index (χ0v) is 13.8. The smallest absolute Gasteiger partial charge is 0.336 e. The zero-order valence-electron chi connectivity index (χ0n) is 13.8. The number of hydrogen-bond donors (Lipinski definition) is 3. The first-order chi connectivity index (χ1) is 11.9. The minimum absolute atomic E-state index is 0.337. The number of carbonyl (C=O) groups is 1. The van der Waals surface area contributed by atoms with Crippen molar-refractivity contribution in [1.82, 2.24) is 0 Å². The molecule has 1 aromatic heterocycles. The monoisotopic (exact) mass is 340 g/mol. The molecule has 0 bridgehead atoms. The topological polar surface area (TPSA) is 120 Å². The lowest BCUT2D eigenvalue weighted by molar-refractivity contribution is -0.138. The van der Waals surface area contributed by atoms with Crippen LogP contribution < -0.4 is 17.1 Å². The van der Waals surface area contributed by atoms with Gasteiger partial charge in [0.05, 0.1) is 0 Å². The third-order valence-corrected chi connectivity index (χ3v) is 3.59. The van der Waals surface area contributed by atoms with E-state index in [1.54, 1.807) is 12.1 Å². The highest BCUT2D eigenvalue weighted by Crippen LogP contribution is 2.18. The van der Waals surface area contributed by atoms with Gasteiger partial charge in [-0.2, -0.15) is 0 Å². The number of fused-ring (bicyclic) bond motifs is 1. The van der Waals surface area contributed by atoms with Gasteiger partial charge in [-0.05, 0) is 36.6 Å². The van der Waals surface area contributed by atoms with Crippen molar-refractivity contribution in [1.29, 1.82) is 0 Å². The molecule has 6 nitrogen and oxygen atoms in total. The Bertz CT molecular complexity index is 920. The van der Waals surface area contributed by atoms with Gasteiger partial charge in [0.15, 0.2) is 0 Å². The molecule has 0 aliphatic carbocycles. The van der Waals surface area contributed by atoms with Crippen LogP contribution in [0.3, 0.4) is 0 Å². The van der Waals surface area contributed by atoms with E-state index in [0.29, 0.717) is 17.7 Å². The van der Waals surface area contributed by atoms with Gasteiger partial charge in [0.1, 0.15) is 11.6 Å². The molecule has 1 atom stereocenters. The van der Waals surface area contributed by atoms with Crippen LogP contribution in [0, 0.1) is 6.92 Å². The molecule has 0 spiro atoms. The molecule has 0 aliphatic rings. The summed E-state index contributed by atoms with van der Waals surface area (Å²) in [6, 6.07) is 15.3. The molecule has 6 heteroatoms. The van der Waals surface area contributed by atoms with Gasteiger partial charge in [-0.3, -0.25) is 4.79 Å². The summed E-state index contributed by atoms with van der Waals surface area (Å²) in [5.74, 6) is -0.959. The summed E-state index contributed by atoms with van der Waals surface area (Å²) in [5.41, 5.74) is 13.6. The predicted molar refractivity (Wildman–Crippen MR) is 97.4 cm³/mol. The number of hydrogen-bond acceptors (Lipinski definition) is 5. The molecule has 0 amide bonds. The van der Waals surface area contributed by atoms with Gasteiger partial charge >= 0.3 is 11.6 Å². The maximum absolute atomic E-state index is 11.0. The number of aryl methyl sites for hydroxylation is 1. The molecule has 0 radical (unpaired) electrons. The predicted octanol–water partition coefficient (Wildman–Crippen LogP) is 2.32. The van der Waals surface area contributed by atoms with Gasteiger partial charge < -0.3 is 21.0 Å². The van der Waals surface area contributed by atoms with Crippen molar-refractivity contribution < 1.29 is 14.3 Å². The first-order valence-corrected chi connectivity index (χ1v) is 7.69. The molecule has 0 fully saturated rings. The van der Waals surface area contributed by atoms with Crippen LogP contribution in [0.1, 0.15) is 11.1 Å². The molecule has 2 aromatic carbocycles. The quantitative estimate of drug-likeness (QED) is 0.497. The largest absolute Gasteiger partial charge is 0.480 e. The minimum atomic E-state index is -0.959. The Morgan fingerprint density at radius 3 is 2.48 bits per heavy atom. The fourth-order valence-corrected chi connectivity index (χ4v) is 2.30. The summed E-state index contributed by atoms with van der Waals surface area (Å²) in [6.45, 7) is 1.87. The Balaban J connectivity index is 0.000000181. The molecule has 25 heavy (non-hydrogen) atoms. The van der Waals surface area contributed by atoms with Gasteiger partial charge in [0.25, 0.3) is 0 Å². The number of nitrogen functional groups attached to an aromatic ring is 1. The SMILES string of the molecule is Cc1cc(=O)oc2cc(N)ccc12.NC(Cc1ccccc1)C(=O)O. The van der Waals surface area contributed by atoms with Crippen LogP contribution in [0.4, 0.5) is 5.69 Å². The number of rotatable bonds is 3. The Kier molecular flexibility index (Phi) is 5.92. The van der Waals surface area contributed by atoms with Gasteiger partial charge in [-0.25, -0.2) is 4.79 Å². The van der Waals surface area contributed by atoms with Crippen LogP contribution >= 0.6 is 0 Å². The second kappa shape index (κ2) is 8.12. The fraction of sp³-hybridized carbons (Fsp3) is 0.158. The highest BCUT2D eigenvalue weighted by molar-refractivity contribution is 5.82. The first kappa shape index (κ1) is 18.2. The lowest BCUT2D eigenvalue weighted by Crippen LogP contribution is -2.32. The molecule has 0 saturated carbocycles. The maximum Gasteiger partial charge on any atom is 0.336 e. The van der Waals surface area contributed by atoms with Crippen molar-refractivity contribution in [3.8, 4) is 0 Å². The molecule has 0 saturated heterocycles. The Morgan fingerprint density at radius 1 is 1.16 bits per heavy atom. The summed E-state index contributed by atoms with van der Waals surface area (Å²) in [5, 5.41) is 9.44. The minimum Gasteiger partial charge on any atom is -0.480 e. The third-order valence-electron chi connectivity index (χ3n) is 3.59. The molecule has 0 aliphatic heterocycles. The Hall–Kier alpha value is -3.12. The summed E-state index contributed by atoms with van der Waals surface area (Å²) in [4.78, 5) is 21.4. The third kappa shape index (κ3) is 5.19. The van der Waals surface area contributed by atoms with Gasteiger partial charge in [0.2, 0.25) is 0 Å². The second-order valence-electron chi connectivity index (χ2n) is 5.64. The van der Waals surface area contributed by atoms with Crippen molar-refractivity contribution >= 4 is 22.6 Å².